The van der Waals surface area contributed by atoms with E-state index in [4.69, 9.17) is 21.1 Å². The SMILES string of the molecule is C[C@H](OC(=O)COc1cccc(Br)c1)C(=O)Nc1ccc(Cl)cn1. The number of esters is 1. The normalized spacial score (nSPS) is 11.5. The Morgan fingerprint density at radius 2 is 2.12 bits per heavy atom. The zero-order chi connectivity index (χ0) is 17.5. The van der Waals surface area contributed by atoms with Crippen LogP contribution in [-0.2, 0) is 14.3 Å². The van der Waals surface area contributed by atoms with Crippen LogP contribution in [0.1, 0.15) is 6.92 Å². The van der Waals surface area contributed by atoms with Crippen LogP contribution in [0.4, 0.5) is 5.82 Å². The van der Waals surface area contributed by atoms with Crippen LogP contribution in [-0.4, -0.2) is 29.6 Å². The molecule has 1 atom stereocenters. The number of carbonyl (C=O) groups is 2. The number of carbonyl (C=O) groups excluding carboxylic acids is 2. The summed E-state index contributed by atoms with van der Waals surface area (Å²) in [6, 6.07) is 10.2. The minimum Gasteiger partial charge on any atom is -0.482 e. The van der Waals surface area contributed by atoms with Crippen molar-refractivity contribution >= 4 is 45.2 Å². The molecule has 1 aromatic carbocycles. The molecule has 6 nitrogen and oxygen atoms in total. The highest BCUT2D eigenvalue weighted by molar-refractivity contribution is 9.10. The summed E-state index contributed by atoms with van der Waals surface area (Å²) < 4.78 is 11.1. The van der Waals surface area contributed by atoms with Gasteiger partial charge in [-0.05, 0) is 37.3 Å². The fraction of sp³-hybridized carbons (Fsp3) is 0.188. The lowest BCUT2D eigenvalue weighted by molar-refractivity contribution is -0.155. The highest BCUT2D eigenvalue weighted by atomic mass is 79.9. The Labute approximate surface area is 152 Å². The maximum atomic E-state index is 11.9. The maximum Gasteiger partial charge on any atom is 0.344 e. The zero-order valence-corrected chi connectivity index (χ0v) is 15.0. The van der Waals surface area contributed by atoms with Crippen LogP contribution in [0.2, 0.25) is 5.02 Å². The van der Waals surface area contributed by atoms with Gasteiger partial charge in [0.1, 0.15) is 11.6 Å². The van der Waals surface area contributed by atoms with Crippen LogP contribution in [0.25, 0.3) is 0 Å². The van der Waals surface area contributed by atoms with Crippen LogP contribution >= 0.6 is 27.5 Å². The third-order valence-electron chi connectivity index (χ3n) is 2.81. The van der Waals surface area contributed by atoms with E-state index in [1.165, 1.54) is 13.1 Å². The van der Waals surface area contributed by atoms with E-state index in [0.29, 0.717) is 16.6 Å². The van der Waals surface area contributed by atoms with Crippen molar-refractivity contribution in [2.24, 2.45) is 0 Å². The number of amides is 1. The minimum absolute atomic E-state index is 0.298. The van der Waals surface area contributed by atoms with Gasteiger partial charge < -0.3 is 14.8 Å². The van der Waals surface area contributed by atoms with E-state index in [1.54, 1.807) is 30.3 Å². The van der Waals surface area contributed by atoms with E-state index in [0.717, 1.165) is 4.47 Å². The van der Waals surface area contributed by atoms with Gasteiger partial charge in [0.15, 0.2) is 12.7 Å². The molecular weight excluding hydrogens is 400 g/mol. The fourth-order valence-corrected chi connectivity index (χ4v) is 2.15. The molecule has 0 spiro atoms. The number of rotatable bonds is 6. The Balaban J connectivity index is 1.80. The van der Waals surface area contributed by atoms with Crippen molar-refractivity contribution in [3.63, 3.8) is 0 Å². The van der Waals surface area contributed by atoms with Gasteiger partial charge in [0, 0.05) is 10.7 Å². The number of pyridine rings is 1. The Hall–Kier alpha value is -2.12. The zero-order valence-electron chi connectivity index (χ0n) is 12.7. The van der Waals surface area contributed by atoms with Gasteiger partial charge in [-0.3, -0.25) is 4.79 Å². The molecule has 0 radical (unpaired) electrons. The first-order valence-corrected chi connectivity index (χ1v) is 8.11. The number of halogens is 2. The lowest BCUT2D eigenvalue weighted by Gasteiger charge is -2.13. The monoisotopic (exact) mass is 412 g/mol. The third-order valence-corrected chi connectivity index (χ3v) is 3.53. The van der Waals surface area contributed by atoms with Gasteiger partial charge in [0.05, 0.1) is 5.02 Å². The van der Waals surface area contributed by atoms with Gasteiger partial charge in [0.25, 0.3) is 5.91 Å². The molecule has 2 aromatic rings. The predicted molar refractivity (Wildman–Crippen MR) is 93.1 cm³/mol. The van der Waals surface area contributed by atoms with Crippen molar-refractivity contribution in [3.8, 4) is 5.75 Å². The first-order valence-electron chi connectivity index (χ1n) is 6.94. The van der Waals surface area contributed by atoms with Crippen molar-refractivity contribution in [1.29, 1.82) is 0 Å². The van der Waals surface area contributed by atoms with E-state index in [2.05, 4.69) is 26.2 Å². The molecule has 1 N–H and O–H groups in total. The van der Waals surface area contributed by atoms with Crippen molar-refractivity contribution in [3.05, 3.63) is 52.1 Å². The summed E-state index contributed by atoms with van der Waals surface area (Å²) in [5.74, 6) is -0.316. The molecule has 0 unspecified atom stereocenters. The summed E-state index contributed by atoms with van der Waals surface area (Å²) in [4.78, 5) is 27.6. The summed E-state index contributed by atoms with van der Waals surface area (Å²) in [6.45, 7) is 1.16. The smallest absolute Gasteiger partial charge is 0.344 e. The van der Waals surface area contributed by atoms with Crippen molar-refractivity contribution < 1.29 is 19.1 Å². The highest BCUT2D eigenvalue weighted by Crippen LogP contribution is 2.17. The molecule has 0 aliphatic heterocycles. The van der Waals surface area contributed by atoms with Gasteiger partial charge in [-0.15, -0.1) is 0 Å². The van der Waals surface area contributed by atoms with Crippen molar-refractivity contribution in [2.75, 3.05) is 11.9 Å². The molecule has 24 heavy (non-hydrogen) atoms. The average Bonchev–Trinajstić information content (AvgIpc) is 2.55. The Morgan fingerprint density at radius 1 is 1.33 bits per heavy atom. The molecule has 8 heteroatoms. The second kappa shape index (κ2) is 8.65. The number of nitrogens with one attached hydrogen (secondary N) is 1. The quantitative estimate of drug-likeness (QED) is 0.734. The molecule has 0 aliphatic carbocycles. The molecule has 0 aliphatic rings. The largest absolute Gasteiger partial charge is 0.482 e. The molecule has 1 heterocycles. The highest BCUT2D eigenvalue weighted by Gasteiger charge is 2.18. The third kappa shape index (κ3) is 5.82. The average molecular weight is 414 g/mol. The first kappa shape index (κ1) is 18.2. The minimum atomic E-state index is -0.985. The van der Waals surface area contributed by atoms with Gasteiger partial charge in [-0.1, -0.05) is 33.6 Å². The molecule has 2 rings (SSSR count). The molecule has 0 fully saturated rings. The Morgan fingerprint density at radius 3 is 2.79 bits per heavy atom. The number of ether oxygens (including phenoxy) is 2. The number of hydrogen-bond acceptors (Lipinski definition) is 5. The predicted octanol–water partition coefficient (Wildman–Crippen LogP) is 3.45. The van der Waals surface area contributed by atoms with Gasteiger partial charge in [-0.25, -0.2) is 9.78 Å². The van der Waals surface area contributed by atoms with Crippen molar-refractivity contribution in [2.45, 2.75) is 13.0 Å². The molecule has 0 bridgehead atoms. The first-order chi connectivity index (χ1) is 11.4. The van der Waals surface area contributed by atoms with Crippen LogP contribution in [0, 0.1) is 0 Å². The molecule has 0 saturated heterocycles. The topological polar surface area (TPSA) is 77.5 Å². The lowest BCUT2D eigenvalue weighted by Crippen LogP contribution is -2.31. The van der Waals surface area contributed by atoms with E-state index in [9.17, 15) is 9.59 Å². The summed E-state index contributed by atoms with van der Waals surface area (Å²) in [7, 11) is 0. The molecule has 1 amide bonds. The summed E-state index contributed by atoms with van der Waals surface area (Å²) in [5, 5.41) is 2.98. The maximum absolute atomic E-state index is 11.9. The van der Waals surface area contributed by atoms with E-state index in [-0.39, 0.29) is 6.61 Å². The van der Waals surface area contributed by atoms with Gasteiger partial charge >= 0.3 is 5.97 Å². The Bertz CT molecular complexity index is 724. The standard InChI is InChI=1S/C16H14BrClN2O4/c1-10(16(22)20-14-6-5-12(18)8-19-14)24-15(21)9-23-13-4-2-3-11(17)7-13/h2-8,10H,9H2,1H3,(H,19,20,22)/t10-/m0/s1. The Kier molecular flexibility index (Phi) is 6.57. The van der Waals surface area contributed by atoms with Gasteiger partial charge in [-0.2, -0.15) is 0 Å². The summed E-state index contributed by atoms with van der Waals surface area (Å²) in [6.07, 6.45) is 0.417. The lowest BCUT2D eigenvalue weighted by atomic mass is 10.3. The second-order valence-electron chi connectivity index (χ2n) is 4.73. The van der Waals surface area contributed by atoms with E-state index >= 15 is 0 Å². The number of hydrogen-bond donors (Lipinski definition) is 1. The van der Waals surface area contributed by atoms with Crippen LogP contribution < -0.4 is 10.1 Å². The van der Waals surface area contributed by atoms with Crippen LogP contribution in [0.15, 0.2) is 47.1 Å². The van der Waals surface area contributed by atoms with Crippen LogP contribution in [0.3, 0.4) is 0 Å². The second-order valence-corrected chi connectivity index (χ2v) is 6.08. The van der Waals surface area contributed by atoms with E-state index < -0.39 is 18.0 Å². The molecule has 126 valence electrons. The molecule has 1 aromatic heterocycles. The molecule has 0 saturated carbocycles. The van der Waals surface area contributed by atoms with E-state index in [1.807, 2.05) is 6.07 Å². The van der Waals surface area contributed by atoms with Gasteiger partial charge in [0.2, 0.25) is 0 Å². The summed E-state index contributed by atoms with van der Waals surface area (Å²) >= 11 is 9.01. The number of benzene rings is 1. The van der Waals surface area contributed by atoms with Crippen LogP contribution in [0.5, 0.6) is 5.75 Å². The molecular formula is C16H14BrClN2O4. The fourth-order valence-electron chi connectivity index (χ4n) is 1.66. The number of nitrogens with zero attached hydrogens (tertiary/aromatic N) is 1. The number of aromatic nitrogens is 1. The van der Waals surface area contributed by atoms with Crippen molar-refractivity contribution in [1.82, 2.24) is 4.98 Å². The summed E-state index contributed by atoms with van der Waals surface area (Å²) in [5.41, 5.74) is 0. The number of anilines is 1.